The van der Waals surface area contributed by atoms with Crippen molar-refractivity contribution >= 4 is 45.8 Å². The van der Waals surface area contributed by atoms with E-state index < -0.39 is 5.97 Å². The highest BCUT2D eigenvalue weighted by Crippen LogP contribution is 2.39. The quantitative estimate of drug-likeness (QED) is 0.0505. The van der Waals surface area contributed by atoms with Crippen molar-refractivity contribution < 1.29 is 19.4 Å². The molecule has 0 amide bonds. The fraction of sp³-hybridized carbons (Fsp3) is 0.262. The van der Waals surface area contributed by atoms with Gasteiger partial charge in [0.05, 0.1) is 36.1 Å². The molecule has 0 saturated heterocycles. The van der Waals surface area contributed by atoms with Gasteiger partial charge in [-0.3, -0.25) is 0 Å². The van der Waals surface area contributed by atoms with E-state index in [-0.39, 0.29) is 5.56 Å². The van der Waals surface area contributed by atoms with Crippen LogP contribution >= 0.6 is 11.7 Å². The average molecular weight is 932 g/mol. The van der Waals surface area contributed by atoms with E-state index in [2.05, 4.69) is 156 Å². The summed E-state index contributed by atoms with van der Waals surface area (Å²) in [5.74, 6) is 7.24. The second-order valence-corrected chi connectivity index (χ2v) is 18.0. The third-order valence-corrected chi connectivity index (χ3v) is 13.0. The monoisotopic (exact) mass is 931 g/mol. The van der Waals surface area contributed by atoms with Gasteiger partial charge in [0.15, 0.2) is 0 Å². The summed E-state index contributed by atoms with van der Waals surface area (Å²) in [4.78, 5) is 13.6. The van der Waals surface area contributed by atoms with E-state index in [0.29, 0.717) is 0 Å². The first-order valence-corrected chi connectivity index (χ1v) is 25.4. The summed E-state index contributed by atoms with van der Waals surface area (Å²) in [7, 11) is 0. The molecule has 1 N–H and O–H groups in total. The fourth-order valence-electron chi connectivity index (χ4n) is 8.51. The number of ether oxygens (including phenoxy) is 2. The maximum absolute atomic E-state index is 11.3. The van der Waals surface area contributed by atoms with Crippen LogP contribution in [0.4, 0.5) is 17.1 Å². The second kappa shape index (κ2) is 24.7. The van der Waals surface area contributed by atoms with Gasteiger partial charge in [-0.25, -0.2) is 4.79 Å². The number of anilines is 3. The number of rotatable bonds is 23. The molecule has 0 aliphatic rings. The van der Waals surface area contributed by atoms with Gasteiger partial charge < -0.3 is 19.5 Å². The number of benzene rings is 7. The first kappa shape index (κ1) is 48.3. The van der Waals surface area contributed by atoms with Gasteiger partial charge in [0.1, 0.15) is 22.5 Å². The molecule has 1 heterocycles. The van der Waals surface area contributed by atoms with Crippen LogP contribution < -0.4 is 14.4 Å². The first-order valence-electron chi connectivity index (χ1n) is 24.6. The Morgan fingerprint density at radius 2 is 0.899 bits per heavy atom. The van der Waals surface area contributed by atoms with Crippen LogP contribution in [0.5, 0.6) is 11.5 Å². The molecule has 0 atom stereocenters. The maximum Gasteiger partial charge on any atom is 0.335 e. The molecule has 69 heavy (non-hydrogen) atoms. The molecule has 0 radical (unpaired) electrons. The summed E-state index contributed by atoms with van der Waals surface area (Å²) < 4.78 is 21.5. The molecule has 7 nitrogen and oxygen atoms in total. The van der Waals surface area contributed by atoms with E-state index in [4.69, 9.17) is 13.8 Å². The van der Waals surface area contributed by atoms with Crippen LogP contribution in [0, 0.1) is 11.8 Å². The highest BCUT2D eigenvalue weighted by molar-refractivity contribution is 7.00. The van der Waals surface area contributed by atoms with E-state index in [9.17, 15) is 9.90 Å². The molecule has 7 aromatic carbocycles. The first-order chi connectivity index (χ1) is 34.0. The van der Waals surface area contributed by atoms with Gasteiger partial charge in [0.2, 0.25) is 0 Å². The number of carboxylic acid groups (broad SMARTS) is 1. The zero-order chi connectivity index (χ0) is 47.6. The molecule has 0 bridgehead atoms. The Hall–Kier alpha value is -7.21. The van der Waals surface area contributed by atoms with Crippen LogP contribution in [0.25, 0.3) is 44.4 Å². The van der Waals surface area contributed by atoms with Crippen molar-refractivity contribution in [2.45, 2.75) is 90.9 Å². The normalized spacial score (nSPS) is 11.0. The molecule has 0 fully saturated rings. The lowest BCUT2D eigenvalue weighted by Crippen LogP contribution is -2.09. The number of aromatic carboxylic acids is 1. The van der Waals surface area contributed by atoms with E-state index in [1.165, 1.54) is 64.2 Å². The molecule has 0 saturated carbocycles. The molecule has 8 heteroatoms. The average Bonchev–Trinajstić information content (AvgIpc) is 3.90. The third kappa shape index (κ3) is 13.1. The summed E-state index contributed by atoms with van der Waals surface area (Å²) in [6.45, 7) is 6.01. The highest BCUT2D eigenvalue weighted by Gasteiger charge is 2.16. The second-order valence-electron chi connectivity index (χ2n) is 17.5. The smallest absolute Gasteiger partial charge is 0.335 e. The van der Waals surface area contributed by atoms with Crippen LogP contribution in [0.3, 0.4) is 0 Å². The van der Waals surface area contributed by atoms with E-state index in [1.54, 1.807) is 24.3 Å². The number of unbranched alkanes of at least 4 members (excludes halogenated alkanes) is 10. The predicted molar refractivity (Wildman–Crippen MR) is 286 cm³/mol. The lowest BCUT2D eigenvalue weighted by Gasteiger charge is -2.26. The Morgan fingerprint density at radius 1 is 0.478 bits per heavy atom. The van der Waals surface area contributed by atoms with E-state index in [0.717, 1.165) is 122 Å². The van der Waals surface area contributed by atoms with Crippen LogP contribution in [-0.4, -0.2) is 33.0 Å². The van der Waals surface area contributed by atoms with Crippen molar-refractivity contribution in [1.29, 1.82) is 0 Å². The minimum Gasteiger partial charge on any atom is -0.494 e. The summed E-state index contributed by atoms with van der Waals surface area (Å²) in [6.07, 6.45) is 15.0. The van der Waals surface area contributed by atoms with Gasteiger partial charge >= 0.3 is 5.97 Å². The van der Waals surface area contributed by atoms with Crippen molar-refractivity contribution in [1.82, 2.24) is 8.75 Å². The zero-order valence-electron chi connectivity index (χ0n) is 39.8. The number of hydrogen-bond donors (Lipinski definition) is 1. The lowest BCUT2D eigenvalue weighted by atomic mass is 10.0. The molecular weight excluding hydrogens is 871 g/mol. The zero-order valence-corrected chi connectivity index (χ0v) is 40.6. The number of aromatic nitrogens is 2. The van der Waals surface area contributed by atoms with Gasteiger partial charge in [-0.15, -0.1) is 0 Å². The topological polar surface area (TPSA) is 84.8 Å². The van der Waals surface area contributed by atoms with Crippen molar-refractivity contribution in [3.63, 3.8) is 0 Å². The Labute approximate surface area is 412 Å². The summed E-state index contributed by atoms with van der Waals surface area (Å²) in [5.41, 5.74) is 12.9. The number of nitrogens with zero attached hydrogens (tertiary/aromatic N) is 3. The summed E-state index contributed by atoms with van der Waals surface area (Å²) in [5, 5.41) is 9.27. The van der Waals surface area contributed by atoms with Crippen molar-refractivity contribution in [2.24, 2.45) is 0 Å². The van der Waals surface area contributed by atoms with Crippen LogP contribution in [-0.2, 0) is 0 Å². The van der Waals surface area contributed by atoms with Crippen molar-refractivity contribution in [3.8, 4) is 56.7 Å². The third-order valence-electron chi connectivity index (χ3n) is 12.5. The lowest BCUT2D eigenvalue weighted by molar-refractivity contribution is 0.0697. The molecular formula is C61H61N3O4S. The molecule has 0 aliphatic heterocycles. The number of fused-ring (bicyclic) bond motifs is 1. The Balaban J connectivity index is 1.01. The Kier molecular flexibility index (Phi) is 17.3. The van der Waals surface area contributed by atoms with Crippen molar-refractivity contribution in [3.05, 3.63) is 174 Å². The van der Waals surface area contributed by atoms with Crippen LogP contribution in [0.2, 0.25) is 0 Å². The number of hydrogen-bond acceptors (Lipinski definition) is 7. The van der Waals surface area contributed by atoms with Crippen LogP contribution in [0.15, 0.2) is 158 Å². The van der Waals surface area contributed by atoms with Crippen LogP contribution in [0.1, 0.15) is 112 Å². The number of carbonyl (C=O) groups is 1. The van der Waals surface area contributed by atoms with Gasteiger partial charge in [0, 0.05) is 28.2 Å². The standard InChI is InChI=1S/C61H61N3O4S/c1-3-5-7-9-11-13-43-67-56-38-27-48(28-39-56)46-21-32-53(33-22-46)64(54-34-23-47(24-35-54)49-29-40-57(41-30-49)68-44-14-12-10-8-6-4-2)55-36-25-50(26-37-55)58-42-31-51(59-60(58)63-69-62-59)18-15-45-16-19-52(20-17-45)61(65)66/h16-17,19-42H,3-14,43-44H2,1-2H3,(H,65,66). The molecule has 1 aromatic heterocycles. The van der Waals surface area contributed by atoms with E-state index >= 15 is 0 Å². The summed E-state index contributed by atoms with van der Waals surface area (Å²) >= 11 is 1.16. The summed E-state index contributed by atoms with van der Waals surface area (Å²) in [6, 6.07) is 53.6. The Bertz CT molecular complexity index is 2810. The van der Waals surface area contributed by atoms with Gasteiger partial charge in [-0.05, 0) is 132 Å². The molecule has 8 aromatic rings. The minimum atomic E-state index is -0.964. The van der Waals surface area contributed by atoms with Gasteiger partial charge in [-0.2, -0.15) is 8.75 Å². The number of carboxylic acids is 1. The molecule has 0 spiro atoms. The highest BCUT2D eigenvalue weighted by atomic mass is 32.1. The van der Waals surface area contributed by atoms with E-state index in [1.807, 2.05) is 12.1 Å². The Morgan fingerprint density at radius 3 is 1.36 bits per heavy atom. The fourth-order valence-corrected chi connectivity index (χ4v) is 9.08. The molecule has 0 aliphatic carbocycles. The largest absolute Gasteiger partial charge is 0.494 e. The van der Waals surface area contributed by atoms with Crippen molar-refractivity contribution in [2.75, 3.05) is 18.1 Å². The molecule has 8 rings (SSSR count). The molecule has 350 valence electrons. The van der Waals surface area contributed by atoms with Gasteiger partial charge in [-0.1, -0.05) is 157 Å². The molecule has 0 unspecified atom stereocenters. The maximum atomic E-state index is 11.3. The predicted octanol–water partition coefficient (Wildman–Crippen LogP) is 16.7. The SMILES string of the molecule is CCCCCCCCOc1ccc(-c2ccc(N(c3ccc(-c4ccc(OCCCCCCCC)cc4)cc3)c3ccc(-c4ccc(C#Cc5ccc(C(=O)O)cc5)c5nsnc45)cc3)cc2)cc1. The van der Waals surface area contributed by atoms with Gasteiger partial charge in [0.25, 0.3) is 0 Å². The minimum absolute atomic E-state index is 0.226.